The minimum atomic E-state index is -0.598. The Labute approximate surface area is 164 Å². The highest BCUT2D eigenvalue weighted by Crippen LogP contribution is 2.28. The van der Waals surface area contributed by atoms with E-state index < -0.39 is 18.0 Å². The maximum Gasteiger partial charge on any atom is 0.414 e. The zero-order valence-electron chi connectivity index (χ0n) is 15.4. The quantitative estimate of drug-likeness (QED) is 0.668. The van der Waals surface area contributed by atoms with Crippen LogP contribution < -0.4 is 10.2 Å². The van der Waals surface area contributed by atoms with Gasteiger partial charge in [-0.3, -0.25) is 9.69 Å². The first kappa shape index (κ1) is 18.6. The largest absolute Gasteiger partial charge is 0.444 e. The molecule has 1 aromatic carbocycles. The molecule has 1 atom stereocenters. The number of hydrogen-bond donors (Lipinski definition) is 1. The monoisotopic (exact) mass is 400 g/mol. The van der Waals surface area contributed by atoms with E-state index in [1.165, 1.54) is 42.9 Å². The van der Waals surface area contributed by atoms with Crippen LogP contribution in [0.1, 0.15) is 12.6 Å². The van der Waals surface area contributed by atoms with Crippen molar-refractivity contribution in [2.24, 2.45) is 0 Å². The smallest absolute Gasteiger partial charge is 0.414 e. The van der Waals surface area contributed by atoms with Gasteiger partial charge in [0.15, 0.2) is 0 Å². The predicted molar refractivity (Wildman–Crippen MR) is 97.3 cm³/mol. The molecule has 1 fully saturated rings. The topological polar surface area (TPSA) is 115 Å². The Hall–Kier alpha value is -3.76. The maximum absolute atomic E-state index is 14.7. The van der Waals surface area contributed by atoms with Gasteiger partial charge in [-0.05, 0) is 18.2 Å². The van der Waals surface area contributed by atoms with E-state index in [1.807, 2.05) is 0 Å². The van der Waals surface area contributed by atoms with Crippen LogP contribution in [0.5, 0.6) is 0 Å². The number of halogens is 1. The van der Waals surface area contributed by atoms with Crippen LogP contribution in [0.3, 0.4) is 0 Å². The molecule has 3 heterocycles. The van der Waals surface area contributed by atoms with E-state index in [0.29, 0.717) is 17.9 Å². The van der Waals surface area contributed by atoms with E-state index in [-0.39, 0.29) is 30.5 Å². The van der Waals surface area contributed by atoms with E-state index in [0.717, 1.165) is 0 Å². The maximum atomic E-state index is 14.7. The van der Waals surface area contributed by atoms with Gasteiger partial charge in [0.1, 0.15) is 36.5 Å². The Kier molecular flexibility index (Phi) is 4.94. The van der Waals surface area contributed by atoms with Gasteiger partial charge in [-0.15, -0.1) is 0 Å². The summed E-state index contributed by atoms with van der Waals surface area (Å²) in [6.07, 6.45) is 3.27. The van der Waals surface area contributed by atoms with Crippen LogP contribution in [0.15, 0.2) is 41.5 Å². The summed E-state index contributed by atoms with van der Waals surface area (Å²) in [5, 5.41) is 6.57. The number of aromatic nitrogens is 4. The lowest BCUT2D eigenvalue weighted by atomic mass is 10.1. The lowest BCUT2D eigenvalue weighted by Gasteiger charge is -2.13. The second kappa shape index (κ2) is 7.70. The average molecular weight is 400 g/mol. The number of carbonyl (C=O) groups excluding carboxylic acids is 2. The van der Waals surface area contributed by atoms with E-state index in [9.17, 15) is 14.0 Å². The van der Waals surface area contributed by atoms with E-state index >= 15 is 0 Å². The number of benzene rings is 1. The Morgan fingerprint density at radius 2 is 2.28 bits per heavy atom. The molecule has 1 aliphatic rings. The summed E-state index contributed by atoms with van der Waals surface area (Å²) in [6, 6.07) is 4.30. The van der Waals surface area contributed by atoms with Gasteiger partial charge in [0.25, 0.3) is 0 Å². The Bertz CT molecular complexity index is 1030. The molecular formula is C18H17FN6O4. The average Bonchev–Trinajstić information content (AvgIpc) is 3.42. The Morgan fingerprint density at radius 3 is 3.00 bits per heavy atom. The number of nitrogens with one attached hydrogen (secondary N) is 1. The molecule has 1 aliphatic heterocycles. The minimum Gasteiger partial charge on any atom is -0.444 e. The standard InChI is InChI=1S/C18H17FN6O4/c1-11(26)21-5-14-7-25(18(27)29-14)13-2-3-15(16(19)4-13)17-23-12(8-28-17)6-24-10-20-9-22-24/h2-4,8-10,14H,5-7H2,1H3,(H,21,26)/t14-/m0/s1. The first-order valence-corrected chi connectivity index (χ1v) is 8.79. The molecule has 10 nitrogen and oxygen atoms in total. The lowest BCUT2D eigenvalue weighted by molar-refractivity contribution is -0.119. The Morgan fingerprint density at radius 1 is 1.41 bits per heavy atom. The van der Waals surface area contributed by atoms with Crippen LogP contribution in [0.4, 0.5) is 14.9 Å². The number of nitrogens with zero attached hydrogens (tertiary/aromatic N) is 5. The van der Waals surface area contributed by atoms with Crippen LogP contribution in [-0.4, -0.2) is 50.9 Å². The van der Waals surface area contributed by atoms with E-state index in [4.69, 9.17) is 9.15 Å². The molecule has 0 spiro atoms. The Balaban J connectivity index is 1.48. The summed E-state index contributed by atoms with van der Waals surface area (Å²) in [7, 11) is 0. The molecule has 1 N–H and O–H groups in total. The molecular weight excluding hydrogens is 383 g/mol. The van der Waals surface area contributed by atoms with Gasteiger partial charge < -0.3 is 14.5 Å². The lowest BCUT2D eigenvalue weighted by Crippen LogP contribution is -2.33. The van der Waals surface area contributed by atoms with Crippen LogP contribution in [0.25, 0.3) is 11.5 Å². The van der Waals surface area contributed by atoms with Crippen LogP contribution in [-0.2, 0) is 16.1 Å². The molecule has 2 amide bonds. The fourth-order valence-corrected chi connectivity index (χ4v) is 2.93. The first-order valence-electron chi connectivity index (χ1n) is 8.79. The van der Waals surface area contributed by atoms with Crippen molar-refractivity contribution in [1.29, 1.82) is 0 Å². The summed E-state index contributed by atoms with van der Waals surface area (Å²) >= 11 is 0. The highest BCUT2D eigenvalue weighted by Gasteiger charge is 2.32. The zero-order valence-corrected chi connectivity index (χ0v) is 15.4. The molecule has 11 heteroatoms. The summed E-state index contributed by atoms with van der Waals surface area (Å²) < 4.78 is 26.8. The molecule has 2 aromatic heterocycles. The fraction of sp³-hybridized carbons (Fsp3) is 0.278. The van der Waals surface area contributed by atoms with Gasteiger partial charge in [-0.1, -0.05) is 0 Å². The number of cyclic esters (lactones) is 1. The number of oxazole rings is 1. The SMILES string of the molecule is CC(=O)NC[C@H]1CN(c2ccc(-c3nc(Cn4cncn4)co3)c(F)c2)C(=O)O1. The minimum absolute atomic E-state index is 0.122. The molecule has 150 valence electrons. The number of hydrogen-bond acceptors (Lipinski definition) is 7. The van der Waals surface area contributed by atoms with E-state index in [2.05, 4.69) is 20.4 Å². The number of carbonyl (C=O) groups is 2. The second-order valence-corrected chi connectivity index (χ2v) is 6.45. The molecule has 0 unspecified atom stereocenters. The third-order valence-corrected chi connectivity index (χ3v) is 4.29. The van der Waals surface area contributed by atoms with Crippen molar-refractivity contribution in [3.8, 4) is 11.5 Å². The van der Waals surface area contributed by atoms with Gasteiger partial charge in [-0.2, -0.15) is 5.10 Å². The van der Waals surface area contributed by atoms with Crippen molar-refractivity contribution < 1.29 is 23.1 Å². The number of ether oxygens (including phenoxy) is 1. The summed E-state index contributed by atoms with van der Waals surface area (Å²) in [6.45, 7) is 2.13. The summed E-state index contributed by atoms with van der Waals surface area (Å²) in [5.74, 6) is -0.685. The number of anilines is 1. The van der Waals surface area contributed by atoms with Crippen LogP contribution in [0, 0.1) is 5.82 Å². The molecule has 1 saturated heterocycles. The highest BCUT2D eigenvalue weighted by molar-refractivity contribution is 5.90. The van der Waals surface area contributed by atoms with Crippen molar-refractivity contribution in [2.45, 2.75) is 19.6 Å². The van der Waals surface area contributed by atoms with Gasteiger partial charge in [-0.25, -0.2) is 23.8 Å². The zero-order chi connectivity index (χ0) is 20.4. The number of amides is 2. The van der Waals surface area contributed by atoms with Crippen molar-refractivity contribution in [3.63, 3.8) is 0 Å². The van der Waals surface area contributed by atoms with Gasteiger partial charge in [0.05, 0.1) is 30.9 Å². The predicted octanol–water partition coefficient (Wildman–Crippen LogP) is 1.58. The summed E-state index contributed by atoms with van der Waals surface area (Å²) in [4.78, 5) is 32.5. The number of rotatable bonds is 6. The third-order valence-electron chi connectivity index (χ3n) is 4.29. The van der Waals surface area contributed by atoms with Gasteiger partial charge in [0.2, 0.25) is 11.8 Å². The van der Waals surface area contributed by atoms with Crippen molar-refractivity contribution in [1.82, 2.24) is 25.1 Å². The van der Waals surface area contributed by atoms with Crippen LogP contribution >= 0.6 is 0 Å². The van der Waals surface area contributed by atoms with Crippen molar-refractivity contribution >= 4 is 17.7 Å². The van der Waals surface area contributed by atoms with Crippen molar-refractivity contribution in [2.75, 3.05) is 18.0 Å². The molecule has 3 aromatic rings. The highest BCUT2D eigenvalue weighted by atomic mass is 19.1. The molecule has 4 rings (SSSR count). The molecule has 0 aliphatic carbocycles. The van der Waals surface area contributed by atoms with Gasteiger partial charge >= 0.3 is 6.09 Å². The first-order chi connectivity index (χ1) is 14.0. The normalized spacial score (nSPS) is 16.1. The molecule has 29 heavy (non-hydrogen) atoms. The van der Waals surface area contributed by atoms with Crippen molar-refractivity contribution in [3.05, 3.63) is 48.6 Å². The second-order valence-electron chi connectivity index (χ2n) is 6.45. The summed E-state index contributed by atoms with van der Waals surface area (Å²) in [5.41, 5.74) is 1.08. The molecule has 0 bridgehead atoms. The van der Waals surface area contributed by atoms with E-state index in [1.54, 1.807) is 10.7 Å². The molecule has 0 radical (unpaired) electrons. The van der Waals surface area contributed by atoms with Gasteiger partial charge in [0, 0.05) is 6.92 Å². The third kappa shape index (κ3) is 4.08. The fourth-order valence-electron chi connectivity index (χ4n) is 2.93. The van der Waals surface area contributed by atoms with Crippen LogP contribution in [0.2, 0.25) is 0 Å². The molecule has 0 saturated carbocycles.